The average molecular weight is 246 g/mol. The van der Waals surface area contributed by atoms with Crippen LogP contribution >= 0.6 is 15.9 Å². The van der Waals surface area contributed by atoms with Crippen molar-refractivity contribution in [2.45, 2.75) is 26.2 Å². The molecule has 0 radical (unpaired) electrons. The van der Waals surface area contributed by atoms with Crippen molar-refractivity contribution < 1.29 is 4.42 Å². The molecule has 0 unspecified atom stereocenters. The van der Waals surface area contributed by atoms with Crippen molar-refractivity contribution in [1.82, 2.24) is 5.32 Å². The number of rotatable bonds is 4. The minimum Gasteiger partial charge on any atom is -0.465 e. The Morgan fingerprint density at radius 3 is 2.69 bits per heavy atom. The van der Waals surface area contributed by atoms with E-state index in [1.54, 1.807) is 0 Å². The highest BCUT2D eigenvalue weighted by atomic mass is 79.9. The zero-order chi connectivity index (χ0) is 9.84. The molecule has 0 spiro atoms. The van der Waals surface area contributed by atoms with Gasteiger partial charge in [0.1, 0.15) is 11.5 Å². The lowest BCUT2D eigenvalue weighted by molar-refractivity contribution is 0.443. The van der Waals surface area contributed by atoms with Gasteiger partial charge in [0.2, 0.25) is 0 Å². The van der Waals surface area contributed by atoms with Crippen LogP contribution in [0.3, 0.4) is 0 Å². The van der Waals surface area contributed by atoms with Gasteiger partial charge in [-0.2, -0.15) is 0 Å². The third-order valence-electron chi connectivity index (χ3n) is 1.91. The molecule has 0 aliphatic heterocycles. The second-order valence-corrected chi connectivity index (χ2v) is 4.29. The molecule has 1 aromatic heterocycles. The molecule has 0 saturated carbocycles. The molecule has 1 rings (SSSR count). The zero-order valence-electron chi connectivity index (χ0n) is 8.36. The molecular weight excluding hydrogens is 230 g/mol. The summed E-state index contributed by atoms with van der Waals surface area (Å²) < 4.78 is 6.78. The summed E-state index contributed by atoms with van der Waals surface area (Å²) in [4.78, 5) is 0. The molecule has 1 aromatic rings. The number of furan rings is 1. The van der Waals surface area contributed by atoms with E-state index in [-0.39, 0.29) is 0 Å². The van der Waals surface area contributed by atoms with Crippen LogP contribution in [0.1, 0.15) is 31.3 Å². The first-order chi connectivity index (χ1) is 6.15. The molecule has 0 atom stereocenters. The molecule has 0 fully saturated rings. The van der Waals surface area contributed by atoms with Crippen LogP contribution < -0.4 is 5.32 Å². The summed E-state index contributed by atoms with van der Waals surface area (Å²) in [5.74, 6) is 2.54. The van der Waals surface area contributed by atoms with Crippen molar-refractivity contribution in [3.05, 3.63) is 22.1 Å². The summed E-state index contributed by atoms with van der Waals surface area (Å²) in [6.45, 7) is 5.22. The van der Waals surface area contributed by atoms with Gasteiger partial charge in [-0.1, -0.05) is 13.8 Å². The van der Waals surface area contributed by atoms with E-state index < -0.39 is 0 Å². The lowest BCUT2D eigenvalue weighted by atomic mass is 10.2. The number of nitrogens with one attached hydrogen (secondary N) is 1. The number of likely N-dealkylation sites (N-methyl/N-ethyl adjacent to an activating group) is 1. The van der Waals surface area contributed by atoms with Crippen LogP contribution in [0.5, 0.6) is 0 Å². The monoisotopic (exact) mass is 245 g/mol. The molecule has 0 aromatic carbocycles. The van der Waals surface area contributed by atoms with Gasteiger partial charge in [0.25, 0.3) is 0 Å². The molecule has 74 valence electrons. The second kappa shape index (κ2) is 4.82. The molecule has 0 aliphatic carbocycles. The first kappa shape index (κ1) is 10.8. The largest absolute Gasteiger partial charge is 0.465 e. The van der Waals surface area contributed by atoms with Crippen molar-refractivity contribution in [3.8, 4) is 0 Å². The van der Waals surface area contributed by atoms with E-state index in [0.29, 0.717) is 5.92 Å². The Balaban J connectivity index is 2.71. The summed E-state index contributed by atoms with van der Waals surface area (Å²) in [5, 5.41) is 3.10. The predicted molar refractivity (Wildman–Crippen MR) is 58.1 cm³/mol. The maximum absolute atomic E-state index is 5.69. The van der Waals surface area contributed by atoms with Crippen molar-refractivity contribution >= 4 is 15.9 Å². The molecule has 1 N–H and O–H groups in total. The van der Waals surface area contributed by atoms with Gasteiger partial charge in [-0.3, -0.25) is 0 Å². The molecule has 2 nitrogen and oxygen atoms in total. The molecule has 13 heavy (non-hydrogen) atoms. The van der Waals surface area contributed by atoms with Gasteiger partial charge in [-0.25, -0.2) is 0 Å². The minimum absolute atomic E-state index is 0.442. The van der Waals surface area contributed by atoms with E-state index in [1.165, 1.54) is 0 Å². The van der Waals surface area contributed by atoms with E-state index >= 15 is 0 Å². The van der Waals surface area contributed by atoms with Crippen molar-refractivity contribution in [2.24, 2.45) is 0 Å². The van der Waals surface area contributed by atoms with Gasteiger partial charge in [0.15, 0.2) is 0 Å². The highest BCUT2D eigenvalue weighted by Crippen LogP contribution is 2.28. The highest BCUT2D eigenvalue weighted by molar-refractivity contribution is 9.10. The van der Waals surface area contributed by atoms with E-state index in [9.17, 15) is 0 Å². The Morgan fingerprint density at radius 2 is 2.23 bits per heavy atom. The quantitative estimate of drug-likeness (QED) is 0.883. The third kappa shape index (κ3) is 2.85. The highest BCUT2D eigenvalue weighted by Gasteiger charge is 2.11. The molecule has 3 heteroatoms. The van der Waals surface area contributed by atoms with Crippen molar-refractivity contribution in [3.63, 3.8) is 0 Å². The summed E-state index contributed by atoms with van der Waals surface area (Å²) in [6.07, 6.45) is 0.946. The van der Waals surface area contributed by atoms with Crippen molar-refractivity contribution in [1.29, 1.82) is 0 Å². The minimum atomic E-state index is 0.442. The van der Waals surface area contributed by atoms with Gasteiger partial charge in [0, 0.05) is 18.9 Å². The van der Waals surface area contributed by atoms with E-state index in [4.69, 9.17) is 4.42 Å². The normalized spacial score (nSPS) is 11.2. The summed E-state index contributed by atoms with van der Waals surface area (Å²) in [7, 11) is 1.95. The van der Waals surface area contributed by atoms with Crippen LogP contribution in [0.25, 0.3) is 0 Å². The first-order valence-corrected chi connectivity index (χ1v) is 5.37. The van der Waals surface area contributed by atoms with Crippen LogP contribution in [-0.2, 0) is 6.42 Å². The fourth-order valence-electron chi connectivity index (χ4n) is 1.20. The van der Waals surface area contributed by atoms with Gasteiger partial charge in [-0.15, -0.1) is 0 Å². The molecule has 0 amide bonds. The Kier molecular flexibility index (Phi) is 4.00. The molecule has 1 heterocycles. The predicted octanol–water partition coefficient (Wildman–Crippen LogP) is 2.93. The molecule has 0 saturated heterocycles. The van der Waals surface area contributed by atoms with Gasteiger partial charge >= 0.3 is 0 Å². The third-order valence-corrected chi connectivity index (χ3v) is 2.53. The fraction of sp³-hybridized carbons (Fsp3) is 0.600. The Morgan fingerprint density at radius 1 is 1.54 bits per heavy atom. The number of hydrogen-bond donors (Lipinski definition) is 1. The van der Waals surface area contributed by atoms with Crippen LogP contribution in [-0.4, -0.2) is 13.6 Å². The Hall–Kier alpha value is -0.280. The maximum atomic E-state index is 5.69. The summed E-state index contributed by atoms with van der Waals surface area (Å²) in [6, 6.07) is 2.06. The lowest BCUT2D eigenvalue weighted by Crippen LogP contribution is -2.09. The standard InChI is InChI=1S/C10H16BrNO/c1-7(2)10-9(11)6-8(13-10)4-5-12-3/h6-7,12H,4-5H2,1-3H3. The van der Waals surface area contributed by atoms with E-state index in [0.717, 1.165) is 29.0 Å². The van der Waals surface area contributed by atoms with Gasteiger partial charge < -0.3 is 9.73 Å². The SMILES string of the molecule is CNCCc1cc(Br)c(C(C)C)o1. The second-order valence-electron chi connectivity index (χ2n) is 3.43. The van der Waals surface area contributed by atoms with Crippen LogP contribution in [0.2, 0.25) is 0 Å². The van der Waals surface area contributed by atoms with Crippen molar-refractivity contribution in [2.75, 3.05) is 13.6 Å². The number of hydrogen-bond acceptors (Lipinski definition) is 2. The van der Waals surface area contributed by atoms with Gasteiger partial charge in [-0.05, 0) is 29.0 Å². The molecular formula is C10H16BrNO. The van der Waals surface area contributed by atoms with E-state index in [2.05, 4.69) is 41.2 Å². The topological polar surface area (TPSA) is 25.2 Å². The Bertz CT molecular complexity index is 268. The lowest BCUT2D eigenvalue weighted by Gasteiger charge is -2.00. The Labute approximate surface area is 87.8 Å². The van der Waals surface area contributed by atoms with Crippen LogP contribution in [0.15, 0.2) is 15.0 Å². The fourth-order valence-corrected chi connectivity index (χ4v) is 1.99. The smallest absolute Gasteiger partial charge is 0.120 e. The van der Waals surface area contributed by atoms with Crippen LogP contribution in [0.4, 0.5) is 0 Å². The van der Waals surface area contributed by atoms with Crippen LogP contribution in [0, 0.1) is 0 Å². The average Bonchev–Trinajstić information content (AvgIpc) is 2.43. The first-order valence-electron chi connectivity index (χ1n) is 4.58. The summed E-state index contributed by atoms with van der Waals surface area (Å²) in [5.41, 5.74) is 0. The van der Waals surface area contributed by atoms with E-state index in [1.807, 2.05) is 7.05 Å². The number of halogens is 1. The zero-order valence-corrected chi connectivity index (χ0v) is 9.94. The van der Waals surface area contributed by atoms with Gasteiger partial charge in [0.05, 0.1) is 4.47 Å². The molecule has 0 bridgehead atoms. The maximum Gasteiger partial charge on any atom is 0.120 e. The summed E-state index contributed by atoms with van der Waals surface area (Å²) >= 11 is 3.50. The molecule has 0 aliphatic rings.